The summed E-state index contributed by atoms with van der Waals surface area (Å²) in [6.07, 6.45) is 1.12. The van der Waals surface area contributed by atoms with E-state index >= 15 is 0 Å². The van der Waals surface area contributed by atoms with Gasteiger partial charge in [-0.15, -0.1) is 0 Å². The Kier molecular flexibility index (Phi) is 6.13. The average Bonchev–Trinajstić information content (AvgIpc) is 2.39. The van der Waals surface area contributed by atoms with E-state index in [0.717, 1.165) is 38.3 Å². The van der Waals surface area contributed by atoms with E-state index in [1.54, 1.807) is 0 Å². The van der Waals surface area contributed by atoms with Crippen molar-refractivity contribution in [3.05, 3.63) is 29.8 Å². The number of rotatable bonds is 7. The van der Waals surface area contributed by atoms with Gasteiger partial charge in [-0.25, -0.2) is 0 Å². The first-order chi connectivity index (χ1) is 8.30. The molecule has 0 amide bonds. The molecule has 1 aromatic carbocycles. The first-order valence-electron chi connectivity index (χ1n) is 6.26. The zero-order valence-corrected chi connectivity index (χ0v) is 10.7. The summed E-state index contributed by atoms with van der Waals surface area (Å²) in [7, 11) is 0. The minimum Gasteiger partial charge on any atom is -0.385 e. The van der Waals surface area contributed by atoms with Gasteiger partial charge in [0, 0.05) is 12.2 Å². The minimum absolute atomic E-state index is 0.707. The second-order valence-electron chi connectivity index (χ2n) is 4.00. The summed E-state index contributed by atoms with van der Waals surface area (Å²) >= 11 is 0. The predicted molar refractivity (Wildman–Crippen MR) is 72.1 cm³/mol. The molecule has 0 heterocycles. The van der Waals surface area contributed by atoms with Gasteiger partial charge < -0.3 is 10.2 Å². The normalized spacial score (nSPS) is 10.2. The van der Waals surface area contributed by atoms with Crippen LogP contribution in [0.15, 0.2) is 24.3 Å². The van der Waals surface area contributed by atoms with Crippen molar-refractivity contribution in [3.8, 4) is 6.07 Å². The highest BCUT2D eigenvalue weighted by Crippen LogP contribution is 2.09. The van der Waals surface area contributed by atoms with Crippen molar-refractivity contribution < 1.29 is 0 Å². The second kappa shape index (κ2) is 7.70. The summed E-state index contributed by atoms with van der Waals surface area (Å²) in [4.78, 5) is 2.41. The van der Waals surface area contributed by atoms with Crippen molar-refractivity contribution in [1.29, 1.82) is 5.26 Å². The Morgan fingerprint density at radius 3 is 2.71 bits per heavy atom. The highest BCUT2D eigenvalue weighted by atomic mass is 15.1. The predicted octanol–water partition coefficient (Wildman–Crippen LogP) is 2.70. The fraction of sp³-hybridized carbons (Fsp3) is 0.500. The maximum atomic E-state index is 8.79. The van der Waals surface area contributed by atoms with E-state index in [1.165, 1.54) is 0 Å². The number of nitrogens with one attached hydrogen (secondary N) is 1. The Hall–Kier alpha value is -1.53. The summed E-state index contributed by atoms with van der Waals surface area (Å²) in [5.74, 6) is 0. The van der Waals surface area contributed by atoms with Crippen LogP contribution >= 0.6 is 0 Å². The van der Waals surface area contributed by atoms with Gasteiger partial charge in [-0.2, -0.15) is 5.26 Å². The first-order valence-corrected chi connectivity index (χ1v) is 6.26. The monoisotopic (exact) mass is 231 g/mol. The molecule has 1 rings (SSSR count). The second-order valence-corrected chi connectivity index (χ2v) is 4.00. The van der Waals surface area contributed by atoms with Crippen molar-refractivity contribution >= 4 is 5.69 Å². The largest absolute Gasteiger partial charge is 0.385 e. The SMILES string of the molecule is CCN(CC)CCCNc1cccc(C#N)c1. The van der Waals surface area contributed by atoms with Crippen LogP contribution in [0.25, 0.3) is 0 Å². The minimum atomic E-state index is 0.707. The molecule has 0 atom stereocenters. The van der Waals surface area contributed by atoms with Crippen LogP contribution in [0.1, 0.15) is 25.8 Å². The number of hydrogen-bond donors (Lipinski definition) is 1. The van der Waals surface area contributed by atoms with Crippen LogP contribution in [0.2, 0.25) is 0 Å². The van der Waals surface area contributed by atoms with Gasteiger partial charge in [0.1, 0.15) is 0 Å². The van der Waals surface area contributed by atoms with Crippen LogP contribution in [0.4, 0.5) is 5.69 Å². The molecule has 0 aliphatic carbocycles. The lowest BCUT2D eigenvalue weighted by Crippen LogP contribution is -2.25. The zero-order chi connectivity index (χ0) is 12.5. The summed E-state index contributed by atoms with van der Waals surface area (Å²) in [5.41, 5.74) is 1.74. The fourth-order valence-electron chi connectivity index (χ4n) is 1.77. The summed E-state index contributed by atoms with van der Waals surface area (Å²) in [6.45, 7) is 8.67. The van der Waals surface area contributed by atoms with Crippen molar-refractivity contribution in [1.82, 2.24) is 4.90 Å². The lowest BCUT2D eigenvalue weighted by atomic mass is 10.2. The molecule has 3 nitrogen and oxygen atoms in total. The maximum Gasteiger partial charge on any atom is 0.0992 e. The van der Waals surface area contributed by atoms with Crippen molar-refractivity contribution in [2.75, 3.05) is 31.5 Å². The standard InChI is InChI=1S/C14H21N3/c1-3-17(4-2)10-6-9-16-14-8-5-7-13(11-14)12-15/h5,7-8,11,16H,3-4,6,9-10H2,1-2H3. The van der Waals surface area contributed by atoms with E-state index in [0.29, 0.717) is 5.56 Å². The van der Waals surface area contributed by atoms with Crippen molar-refractivity contribution in [2.24, 2.45) is 0 Å². The Morgan fingerprint density at radius 2 is 2.06 bits per heavy atom. The first kappa shape index (κ1) is 13.5. The van der Waals surface area contributed by atoms with Gasteiger partial charge in [-0.1, -0.05) is 19.9 Å². The molecule has 0 spiro atoms. The third-order valence-corrected chi connectivity index (χ3v) is 2.87. The third-order valence-electron chi connectivity index (χ3n) is 2.87. The number of anilines is 1. The Labute approximate surface area is 104 Å². The molecule has 0 unspecified atom stereocenters. The molecule has 0 aliphatic heterocycles. The van der Waals surface area contributed by atoms with E-state index in [9.17, 15) is 0 Å². The molecule has 17 heavy (non-hydrogen) atoms. The molecule has 0 fully saturated rings. The van der Waals surface area contributed by atoms with Crippen LogP contribution in [0.3, 0.4) is 0 Å². The Bertz CT molecular complexity index is 364. The summed E-state index contributed by atoms with van der Waals surface area (Å²) in [6, 6.07) is 9.76. The van der Waals surface area contributed by atoms with Crippen LogP contribution < -0.4 is 5.32 Å². The molecule has 0 aliphatic rings. The van der Waals surface area contributed by atoms with E-state index in [1.807, 2.05) is 24.3 Å². The number of nitrogens with zero attached hydrogens (tertiary/aromatic N) is 2. The molecule has 1 aromatic rings. The lowest BCUT2D eigenvalue weighted by molar-refractivity contribution is 0.303. The molecule has 92 valence electrons. The van der Waals surface area contributed by atoms with E-state index < -0.39 is 0 Å². The number of benzene rings is 1. The van der Waals surface area contributed by atoms with Gasteiger partial charge in [0.05, 0.1) is 11.6 Å². The van der Waals surface area contributed by atoms with Crippen LogP contribution in [-0.4, -0.2) is 31.1 Å². The van der Waals surface area contributed by atoms with Crippen LogP contribution in [-0.2, 0) is 0 Å². The van der Waals surface area contributed by atoms with Crippen molar-refractivity contribution in [3.63, 3.8) is 0 Å². The van der Waals surface area contributed by atoms with Crippen LogP contribution in [0, 0.1) is 11.3 Å². The molecule has 0 saturated carbocycles. The third kappa shape index (κ3) is 4.88. The highest BCUT2D eigenvalue weighted by Gasteiger charge is 1.98. The highest BCUT2D eigenvalue weighted by molar-refractivity contribution is 5.48. The topological polar surface area (TPSA) is 39.1 Å². The summed E-state index contributed by atoms with van der Waals surface area (Å²) < 4.78 is 0. The van der Waals surface area contributed by atoms with Crippen molar-refractivity contribution in [2.45, 2.75) is 20.3 Å². The van der Waals surface area contributed by atoms with E-state index in [4.69, 9.17) is 5.26 Å². The average molecular weight is 231 g/mol. The zero-order valence-electron chi connectivity index (χ0n) is 10.7. The maximum absolute atomic E-state index is 8.79. The van der Waals surface area contributed by atoms with E-state index in [2.05, 4.69) is 30.1 Å². The van der Waals surface area contributed by atoms with Gasteiger partial charge in [-0.05, 0) is 44.3 Å². The molecule has 0 saturated heterocycles. The number of hydrogen-bond acceptors (Lipinski definition) is 3. The Morgan fingerprint density at radius 1 is 1.29 bits per heavy atom. The van der Waals surface area contributed by atoms with Gasteiger partial charge in [-0.3, -0.25) is 0 Å². The Balaban J connectivity index is 2.29. The molecular weight excluding hydrogens is 210 g/mol. The lowest BCUT2D eigenvalue weighted by Gasteiger charge is -2.17. The van der Waals surface area contributed by atoms with Gasteiger partial charge >= 0.3 is 0 Å². The molecule has 0 aromatic heterocycles. The quantitative estimate of drug-likeness (QED) is 0.733. The molecular formula is C14H21N3. The fourth-order valence-corrected chi connectivity index (χ4v) is 1.77. The molecule has 1 N–H and O–H groups in total. The van der Waals surface area contributed by atoms with Crippen LogP contribution in [0.5, 0.6) is 0 Å². The van der Waals surface area contributed by atoms with Gasteiger partial charge in [0.15, 0.2) is 0 Å². The molecule has 3 heteroatoms. The van der Waals surface area contributed by atoms with Gasteiger partial charge in [0.2, 0.25) is 0 Å². The van der Waals surface area contributed by atoms with E-state index in [-0.39, 0.29) is 0 Å². The smallest absolute Gasteiger partial charge is 0.0992 e. The van der Waals surface area contributed by atoms with Gasteiger partial charge in [0.25, 0.3) is 0 Å². The number of nitriles is 1. The molecule has 0 bridgehead atoms. The molecule has 0 radical (unpaired) electrons. The summed E-state index contributed by atoms with van der Waals surface area (Å²) in [5, 5.41) is 12.1.